The van der Waals surface area contributed by atoms with E-state index in [1.165, 1.54) is 21.7 Å². The van der Waals surface area contributed by atoms with Crippen molar-refractivity contribution in [1.82, 2.24) is 15.6 Å². The second kappa shape index (κ2) is 8.11. The van der Waals surface area contributed by atoms with Crippen molar-refractivity contribution < 1.29 is 0 Å². The molecule has 1 heterocycles. The van der Waals surface area contributed by atoms with E-state index in [1.54, 1.807) is 18.4 Å². The summed E-state index contributed by atoms with van der Waals surface area (Å²) in [5.41, 5.74) is 4.94. The monoisotopic (exact) mass is 330 g/mol. The van der Waals surface area contributed by atoms with Gasteiger partial charge in [-0.3, -0.25) is 4.99 Å². The van der Waals surface area contributed by atoms with Crippen LogP contribution in [-0.4, -0.2) is 18.0 Å². The fourth-order valence-corrected chi connectivity index (χ4v) is 3.12. The standard InChI is InChI=1S/C18H26N4S/c1-12(2)17-22-16(11-23-17)10-21-18(19-5)20-9-15-7-6-13(3)8-14(15)4/h6-8,11-12H,9-10H2,1-5H3,(H2,19,20,21). The summed E-state index contributed by atoms with van der Waals surface area (Å²) in [5.74, 6) is 1.28. The van der Waals surface area contributed by atoms with Crippen LogP contribution in [0.2, 0.25) is 0 Å². The van der Waals surface area contributed by atoms with E-state index >= 15 is 0 Å². The molecule has 0 bridgehead atoms. The number of aryl methyl sites for hydroxylation is 2. The van der Waals surface area contributed by atoms with Crippen molar-refractivity contribution in [1.29, 1.82) is 0 Å². The molecular weight excluding hydrogens is 304 g/mol. The minimum Gasteiger partial charge on any atom is -0.352 e. The van der Waals surface area contributed by atoms with Gasteiger partial charge < -0.3 is 10.6 Å². The molecule has 0 saturated heterocycles. The van der Waals surface area contributed by atoms with Crippen LogP contribution in [0.4, 0.5) is 0 Å². The number of hydrogen-bond acceptors (Lipinski definition) is 3. The number of aromatic nitrogens is 1. The van der Waals surface area contributed by atoms with Crippen LogP contribution < -0.4 is 10.6 Å². The lowest BCUT2D eigenvalue weighted by Crippen LogP contribution is -2.36. The van der Waals surface area contributed by atoms with Gasteiger partial charge in [0.1, 0.15) is 0 Å². The highest BCUT2D eigenvalue weighted by atomic mass is 32.1. The van der Waals surface area contributed by atoms with Crippen molar-refractivity contribution in [3.8, 4) is 0 Å². The van der Waals surface area contributed by atoms with Gasteiger partial charge in [0.2, 0.25) is 0 Å². The van der Waals surface area contributed by atoms with Gasteiger partial charge in [0, 0.05) is 24.9 Å². The van der Waals surface area contributed by atoms with Crippen molar-refractivity contribution in [2.75, 3.05) is 7.05 Å². The van der Waals surface area contributed by atoms with Gasteiger partial charge in [0.25, 0.3) is 0 Å². The molecule has 0 unspecified atom stereocenters. The molecule has 0 aliphatic carbocycles. The Kier molecular flexibility index (Phi) is 6.16. The molecule has 124 valence electrons. The van der Waals surface area contributed by atoms with E-state index in [4.69, 9.17) is 0 Å². The SMILES string of the molecule is CN=C(NCc1csc(C(C)C)n1)NCc1ccc(C)cc1C. The van der Waals surface area contributed by atoms with Gasteiger partial charge in [-0.1, -0.05) is 37.6 Å². The van der Waals surface area contributed by atoms with Crippen molar-refractivity contribution in [3.05, 3.63) is 51.0 Å². The molecule has 0 saturated carbocycles. The van der Waals surface area contributed by atoms with Crippen LogP contribution in [-0.2, 0) is 13.1 Å². The molecule has 2 rings (SSSR count). The van der Waals surface area contributed by atoms with Crippen molar-refractivity contribution in [3.63, 3.8) is 0 Å². The summed E-state index contributed by atoms with van der Waals surface area (Å²) in [5, 5.41) is 9.97. The first-order valence-corrected chi connectivity index (χ1v) is 8.82. The second-order valence-electron chi connectivity index (χ2n) is 6.04. The van der Waals surface area contributed by atoms with Gasteiger partial charge in [-0.15, -0.1) is 11.3 Å². The highest BCUT2D eigenvalue weighted by molar-refractivity contribution is 7.09. The quantitative estimate of drug-likeness (QED) is 0.648. The highest BCUT2D eigenvalue weighted by Crippen LogP contribution is 2.18. The summed E-state index contributed by atoms with van der Waals surface area (Å²) in [4.78, 5) is 8.91. The summed E-state index contributed by atoms with van der Waals surface area (Å²) in [6.07, 6.45) is 0. The molecule has 0 fully saturated rings. The van der Waals surface area contributed by atoms with Gasteiger partial charge in [-0.2, -0.15) is 0 Å². The number of guanidine groups is 1. The van der Waals surface area contributed by atoms with E-state index in [0.29, 0.717) is 12.5 Å². The zero-order valence-corrected chi connectivity index (χ0v) is 15.4. The molecule has 0 amide bonds. The second-order valence-corrected chi connectivity index (χ2v) is 6.93. The number of thiazole rings is 1. The summed E-state index contributed by atoms with van der Waals surface area (Å²) in [7, 11) is 1.79. The van der Waals surface area contributed by atoms with Gasteiger partial charge in [-0.25, -0.2) is 4.98 Å². The Balaban J connectivity index is 1.88. The Bertz CT molecular complexity index is 673. The number of aliphatic imine (C=N–C) groups is 1. The molecule has 23 heavy (non-hydrogen) atoms. The molecule has 0 atom stereocenters. The Morgan fingerprint density at radius 3 is 2.57 bits per heavy atom. The summed E-state index contributed by atoms with van der Waals surface area (Å²) >= 11 is 1.72. The maximum atomic E-state index is 4.63. The molecule has 1 aromatic heterocycles. The predicted octanol–water partition coefficient (Wildman–Crippen LogP) is 3.75. The number of benzene rings is 1. The van der Waals surface area contributed by atoms with Crippen LogP contribution >= 0.6 is 11.3 Å². The number of hydrogen-bond donors (Lipinski definition) is 2. The number of nitrogens with one attached hydrogen (secondary N) is 2. The third kappa shape index (κ3) is 5.06. The first-order chi connectivity index (χ1) is 11.0. The molecule has 2 aromatic rings. The van der Waals surface area contributed by atoms with Crippen molar-refractivity contribution >= 4 is 17.3 Å². The van der Waals surface area contributed by atoms with Crippen LogP contribution in [0.25, 0.3) is 0 Å². The molecule has 4 nitrogen and oxygen atoms in total. The minimum absolute atomic E-state index is 0.482. The number of nitrogens with zero attached hydrogens (tertiary/aromatic N) is 2. The van der Waals surface area contributed by atoms with Gasteiger partial charge in [0.15, 0.2) is 5.96 Å². The normalized spacial score (nSPS) is 11.8. The number of rotatable bonds is 5. The maximum Gasteiger partial charge on any atom is 0.191 e. The maximum absolute atomic E-state index is 4.63. The lowest BCUT2D eigenvalue weighted by Gasteiger charge is -2.13. The molecular formula is C18H26N4S. The molecule has 0 radical (unpaired) electrons. The van der Waals surface area contributed by atoms with E-state index < -0.39 is 0 Å². The lowest BCUT2D eigenvalue weighted by molar-refractivity contribution is 0.782. The average molecular weight is 331 g/mol. The van der Waals surface area contributed by atoms with E-state index in [-0.39, 0.29) is 0 Å². The Morgan fingerprint density at radius 1 is 1.22 bits per heavy atom. The molecule has 0 aliphatic rings. The van der Waals surface area contributed by atoms with Gasteiger partial charge in [-0.05, 0) is 25.0 Å². The van der Waals surface area contributed by atoms with Crippen LogP contribution in [0.5, 0.6) is 0 Å². The molecule has 1 aromatic carbocycles. The third-order valence-electron chi connectivity index (χ3n) is 3.67. The summed E-state index contributed by atoms with van der Waals surface area (Å²) in [6.45, 7) is 10.0. The van der Waals surface area contributed by atoms with Crippen molar-refractivity contribution in [2.24, 2.45) is 4.99 Å². The van der Waals surface area contributed by atoms with E-state index in [2.05, 4.69) is 71.9 Å². The minimum atomic E-state index is 0.482. The smallest absolute Gasteiger partial charge is 0.191 e. The van der Waals surface area contributed by atoms with E-state index in [1.807, 2.05) is 0 Å². The Hall–Kier alpha value is -1.88. The van der Waals surface area contributed by atoms with Gasteiger partial charge >= 0.3 is 0 Å². The Morgan fingerprint density at radius 2 is 1.96 bits per heavy atom. The van der Waals surface area contributed by atoms with Crippen LogP contribution in [0.1, 0.15) is 47.2 Å². The summed E-state index contributed by atoms with van der Waals surface area (Å²) < 4.78 is 0. The first-order valence-electron chi connectivity index (χ1n) is 7.94. The largest absolute Gasteiger partial charge is 0.352 e. The third-order valence-corrected chi connectivity index (χ3v) is 4.86. The molecule has 0 spiro atoms. The fraction of sp³-hybridized carbons (Fsp3) is 0.444. The summed E-state index contributed by atoms with van der Waals surface area (Å²) in [6, 6.07) is 6.51. The van der Waals surface area contributed by atoms with Crippen molar-refractivity contribution in [2.45, 2.75) is 46.7 Å². The van der Waals surface area contributed by atoms with E-state index in [0.717, 1.165) is 18.2 Å². The fourth-order valence-electron chi connectivity index (χ4n) is 2.29. The zero-order chi connectivity index (χ0) is 16.8. The first kappa shape index (κ1) is 17.5. The average Bonchev–Trinajstić information content (AvgIpc) is 2.98. The zero-order valence-electron chi connectivity index (χ0n) is 14.6. The molecule has 5 heteroatoms. The van der Waals surface area contributed by atoms with E-state index in [9.17, 15) is 0 Å². The highest BCUT2D eigenvalue weighted by Gasteiger charge is 2.07. The molecule has 0 aliphatic heterocycles. The van der Waals surface area contributed by atoms with Crippen LogP contribution in [0.3, 0.4) is 0 Å². The molecule has 2 N–H and O–H groups in total. The van der Waals surface area contributed by atoms with Crippen LogP contribution in [0.15, 0.2) is 28.6 Å². The van der Waals surface area contributed by atoms with Gasteiger partial charge in [0.05, 0.1) is 17.2 Å². The Labute approximate surface area is 143 Å². The lowest BCUT2D eigenvalue weighted by atomic mass is 10.1. The topological polar surface area (TPSA) is 49.3 Å². The predicted molar refractivity (Wildman–Crippen MR) is 99.2 cm³/mol. The van der Waals surface area contributed by atoms with Crippen LogP contribution in [0, 0.1) is 13.8 Å².